The van der Waals surface area contributed by atoms with E-state index in [1.54, 1.807) is 11.6 Å². The van der Waals surface area contributed by atoms with Crippen LogP contribution >= 0.6 is 0 Å². The Morgan fingerprint density at radius 2 is 1.97 bits per heavy atom. The number of fused-ring (bicyclic) bond motifs is 1. The van der Waals surface area contributed by atoms with E-state index in [1.807, 2.05) is 44.3 Å². The minimum absolute atomic E-state index is 0.00467. The second kappa shape index (κ2) is 6.62. The molecule has 0 bridgehead atoms. The summed E-state index contributed by atoms with van der Waals surface area (Å²) in [5, 5.41) is 0. The van der Waals surface area contributed by atoms with Crippen molar-refractivity contribution in [2.75, 3.05) is 0 Å². The Labute approximate surface area is 169 Å². The second-order valence-electron chi connectivity index (χ2n) is 7.94. The summed E-state index contributed by atoms with van der Waals surface area (Å²) in [5.74, 6) is 3.02. The fraction of sp³-hybridized carbons (Fsp3) is 0.250. The summed E-state index contributed by atoms with van der Waals surface area (Å²) in [6.45, 7) is 3.77. The van der Waals surface area contributed by atoms with Crippen LogP contribution in [-0.4, -0.2) is 14.5 Å². The number of imidazole rings is 1. The highest BCUT2D eigenvalue weighted by Crippen LogP contribution is 2.43. The lowest BCUT2D eigenvalue weighted by atomic mass is 10.0. The highest BCUT2D eigenvalue weighted by Gasteiger charge is 2.24. The Kier molecular flexibility index (Phi) is 4.05. The summed E-state index contributed by atoms with van der Waals surface area (Å²) in [6, 6.07) is 14.3. The fourth-order valence-corrected chi connectivity index (χ4v) is 3.90. The van der Waals surface area contributed by atoms with Gasteiger partial charge in [0.2, 0.25) is 0 Å². The van der Waals surface area contributed by atoms with Crippen LogP contribution in [0.2, 0.25) is 0 Å². The first-order valence-electron chi connectivity index (χ1n) is 9.94. The van der Waals surface area contributed by atoms with E-state index in [-0.39, 0.29) is 5.56 Å². The molecule has 2 heterocycles. The quantitative estimate of drug-likeness (QED) is 0.524. The van der Waals surface area contributed by atoms with E-state index < -0.39 is 0 Å². The molecule has 0 saturated heterocycles. The molecule has 1 fully saturated rings. The Morgan fingerprint density at radius 3 is 2.72 bits per heavy atom. The third-order valence-electron chi connectivity index (χ3n) is 5.53. The lowest BCUT2D eigenvalue weighted by Gasteiger charge is -2.14. The topological polar surface area (TPSA) is 59.9 Å². The molecular formula is C24H23N3O2. The minimum atomic E-state index is 0.00467. The van der Waals surface area contributed by atoms with Gasteiger partial charge in [0.25, 0.3) is 5.56 Å². The van der Waals surface area contributed by atoms with Crippen LogP contribution in [0.15, 0.2) is 53.5 Å². The summed E-state index contributed by atoms with van der Waals surface area (Å²) < 4.78 is 8.06. The van der Waals surface area contributed by atoms with Crippen LogP contribution in [0.1, 0.15) is 35.7 Å². The third-order valence-corrected chi connectivity index (χ3v) is 5.53. The Hall–Kier alpha value is -3.34. The van der Waals surface area contributed by atoms with E-state index in [4.69, 9.17) is 4.74 Å². The van der Waals surface area contributed by atoms with Crippen LogP contribution < -0.4 is 10.3 Å². The number of aromatic amines is 1. The number of H-pyrrole nitrogens is 1. The third kappa shape index (κ3) is 3.23. The molecule has 5 rings (SSSR count). The second-order valence-corrected chi connectivity index (χ2v) is 7.94. The lowest BCUT2D eigenvalue weighted by molar-refractivity contribution is 0.488. The molecule has 2 aromatic heterocycles. The van der Waals surface area contributed by atoms with Crippen LogP contribution in [0.25, 0.3) is 22.2 Å². The van der Waals surface area contributed by atoms with Crippen molar-refractivity contribution in [1.29, 1.82) is 0 Å². The SMILES string of the molecule is Cc1nc2c(Oc3cccc(C4CC4)c3)c(-c3cc(C)c(=O)n(C)c3)ccc2[nH]1. The predicted molar refractivity (Wildman–Crippen MR) is 115 cm³/mol. The van der Waals surface area contributed by atoms with Crippen LogP contribution in [0.4, 0.5) is 0 Å². The number of pyridine rings is 1. The number of aryl methyl sites for hydroxylation is 3. The highest BCUT2D eigenvalue weighted by molar-refractivity contribution is 5.91. The smallest absolute Gasteiger partial charge is 0.253 e. The number of ether oxygens (including phenoxy) is 1. The Morgan fingerprint density at radius 1 is 1.14 bits per heavy atom. The first-order valence-corrected chi connectivity index (χ1v) is 9.94. The fourth-order valence-electron chi connectivity index (χ4n) is 3.90. The van der Waals surface area contributed by atoms with E-state index in [9.17, 15) is 4.79 Å². The van der Waals surface area contributed by atoms with Crippen molar-refractivity contribution in [3.05, 3.63) is 76.0 Å². The number of rotatable bonds is 4. The maximum atomic E-state index is 12.2. The number of nitrogens with one attached hydrogen (secondary N) is 1. The molecule has 0 radical (unpaired) electrons. The van der Waals surface area contributed by atoms with E-state index in [0.717, 1.165) is 33.7 Å². The molecule has 29 heavy (non-hydrogen) atoms. The summed E-state index contributed by atoms with van der Waals surface area (Å²) in [5.41, 5.74) is 5.60. The first-order chi connectivity index (χ1) is 14.0. The number of aromatic nitrogens is 3. The Balaban J connectivity index is 1.69. The molecule has 0 amide bonds. The van der Waals surface area contributed by atoms with Crippen molar-refractivity contribution in [2.24, 2.45) is 7.05 Å². The van der Waals surface area contributed by atoms with Gasteiger partial charge in [-0.3, -0.25) is 4.79 Å². The molecule has 0 unspecified atom stereocenters. The van der Waals surface area contributed by atoms with E-state index in [1.165, 1.54) is 18.4 Å². The van der Waals surface area contributed by atoms with Gasteiger partial charge in [-0.15, -0.1) is 0 Å². The van der Waals surface area contributed by atoms with Crippen molar-refractivity contribution in [3.8, 4) is 22.6 Å². The van der Waals surface area contributed by atoms with Gasteiger partial charge in [0.05, 0.1) is 5.52 Å². The largest absolute Gasteiger partial charge is 0.454 e. The van der Waals surface area contributed by atoms with Gasteiger partial charge in [0.15, 0.2) is 5.75 Å². The molecular weight excluding hydrogens is 362 g/mol. The molecule has 146 valence electrons. The number of benzene rings is 2. The van der Waals surface area contributed by atoms with E-state index >= 15 is 0 Å². The molecule has 1 saturated carbocycles. The normalized spacial score (nSPS) is 13.8. The van der Waals surface area contributed by atoms with Gasteiger partial charge >= 0.3 is 0 Å². The average molecular weight is 385 g/mol. The molecule has 1 aliphatic carbocycles. The summed E-state index contributed by atoms with van der Waals surface area (Å²) >= 11 is 0. The number of hydrogen-bond donors (Lipinski definition) is 1. The van der Waals surface area contributed by atoms with Gasteiger partial charge in [-0.05, 0) is 68.5 Å². The standard InChI is InChI=1S/C24H23N3O2/c1-14-11-18(13-27(3)24(14)28)20-9-10-21-22(26-15(2)25-21)23(20)29-19-6-4-5-17(12-19)16-7-8-16/h4-6,9-13,16H,7-8H2,1-3H3,(H,25,26). The summed E-state index contributed by atoms with van der Waals surface area (Å²) in [4.78, 5) is 20.1. The molecule has 0 aliphatic heterocycles. The van der Waals surface area contributed by atoms with Crippen molar-refractivity contribution < 1.29 is 4.74 Å². The molecule has 4 aromatic rings. The zero-order chi connectivity index (χ0) is 20.1. The van der Waals surface area contributed by atoms with Gasteiger partial charge in [-0.25, -0.2) is 4.98 Å². The van der Waals surface area contributed by atoms with E-state index in [2.05, 4.69) is 28.2 Å². The average Bonchev–Trinajstić information content (AvgIpc) is 3.47. The van der Waals surface area contributed by atoms with Crippen molar-refractivity contribution >= 4 is 11.0 Å². The van der Waals surface area contributed by atoms with Crippen molar-refractivity contribution in [3.63, 3.8) is 0 Å². The van der Waals surface area contributed by atoms with Gasteiger partial charge in [-0.1, -0.05) is 12.1 Å². The highest BCUT2D eigenvalue weighted by atomic mass is 16.5. The van der Waals surface area contributed by atoms with Crippen LogP contribution in [0.5, 0.6) is 11.5 Å². The zero-order valence-electron chi connectivity index (χ0n) is 16.8. The molecule has 5 nitrogen and oxygen atoms in total. The number of nitrogens with zero attached hydrogens (tertiary/aromatic N) is 2. The predicted octanol–water partition coefficient (Wildman–Crippen LogP) is 5.22. The van der Waals surface area contributed by atoms with Crippen LogP contribution in [0.3, 0.4) is 0 Å². The summed E-state index contributed by atoms with van der Waals surface area (Å²) in [6.07, 6.45) is 4.35. The molecule has 5 heteroatoms. The van der Waals surface area contributed by atoms with Crippen LogP contribution in [-0.2, 0) is 7.05 Å². The maximum absolute atomic E-state index is 12.2. The zero-order valence-corrected chi connectivity index (χ0v) is 16.8. The summed E-state index contributed by atoms with van der Waals surface area (Å²) in [7, 11) is 1.77. The van der Waals surface area contributed by atoms with Crippen molar-refractivity contribution in [1.82, 2.24) is 14.5 Å². The Bertz CT molecular complexity index is 1270. The van der Waals surface area contributed by atoms with Gasteiger partial charge in [-0.2, -0.15) is 0 Å². The monoisotopic (exact) mass is 385 g/mol. The van der Waals surface area contributed by atoms with E-state index in [0.29, 0.717) is 17.2 Å². The first kappa shape index (κ1) is 17.7. The van der Waals surface area contributed by atoms with Gasteiger partial charge < -0.3 is 14.3 Å². The van der Waals surface area contributed by atoms with Crippen LogP contribution in [0, 0.1) is 13.8 Å². The minimum Gasteiger partial charge on any atom is -0.454 e. The van der Waals surface area contributed by atoms with Gasteiger partial charge in [0, 0.05) is 29.9 Å². The maximum Gasteiger partial charge on any atom is 0.253 e. The van der Waals surface area contributed by atoms with Crippen molar-refractivity contribution in [2.45, 2.75) is 32.6 Å². The molecule has 1 N–H and O–H groups in total. The molecule has 0 atom stereocenters. The molecule has 2 aromatic carbocycles. The molecule has 1 aliphatic rings. The lowest BCUT2D eigenvalue weighted by Crippen LogP contribution is -2.18. The molecule has 0 spiro atoms. The number of hydrogen-bond acceptors (Lipinski definition) is 3. The van der Waals surface area contributed by atoms with Gasteiger partial charge in [0.1, 0.15) is 17.1 Å².